The summed E-state index contributed by atoms with van der Waals surface area (Å²) in [7, 11) is 1.73. The predicted octanol–water partition coefficient (Wildman–Crippen LogP) is 1.68. The third-order valence-electron chi connectivity index (χ3n) is 4.90. The number of nitrogens with zero attached hydrogens (tertiary/aromatic N) is 1. The molecule has 0 spiro atoms. The molecule has 2 amide bonds. The van der Waals surface area contributed by atoms with Crippen LogP contribution in [0.4, 0.5) is 4.79 Å². The van der Waals surface area contributed by atoms with Gasteiger partial charge in [-0.25, -0.2) is 4.79 Å². The number of benzene rings is 1. The van der Waals surface area contributed by atoms with Gasteiger partial charge in [0.2, 0.25) is 0 Å². The Bertz CT molecular complexity index is 526. The van der Waals surface area contributed by atoms with Crippen molar-refractivity contribution in [3.8, 4) is 0 Å². The first-order valence-corrected chi connectivity index (χ1v) is 8.07. The monoisotopic (exact) mass is 303 g/mol. The van der Waals surface area contributed by atoms with Crippen molar-refractivity contribution < 1.29 is 9.53 Å². The van der Waals surface area contributed by atoms with E-state index in [0.717, 1.165) is 44.5 Å². The molecule has 1 fully saturated rings. The van der Waals surface area contributed by atoms with E-state index in [1.54, 1.807) is 7.11 Å². The van der Waals surface area contributed by atoms with Crippen LogP contribution in [-0.2, 0) is 11.2 Å². The molecule has 5 heteroatoms. The Morgan fingerprint density at radius 3 is 2.77 bits per heavy atom. The summed E-state index contributed by atoms with van der Waals surface area (Å²) < 4.78 is 5.20. The van der Waals surface area contributed by atoms with Crippen molar-refractivity contribution in [3.05, 3.63) is 35.4 Å². The molecule has 1 aromatic carbocycles. The van der Waals surface area contributed by atoms with Gasteiger partial charge >= 0.3 is 6.03 Å². The van der Waals surface area contributed by atoms with Gasteiger partial charge in [-0.1, -0.05) is 24.3 Å². The molecule has 2 atom stereocenters. The second kappa shape index (κ2) is 6.67. The van der Waals surface area contributed by atoms with Crippen LogP contribution in [0.5, 0.6) is 0 Å². The Kier molecular flexibility index (Phi) is 4.64. The van der Waals surface area contributed by atoms with Gasteiger partial charge in [-0.2, -0.15) is 0 Å². The fraction of sp³-hybridized carbons (Fsp3) is 0.588. The van der Waals surface area contributed by atoms with E-state index in [2.05, 4.69) is 17.4 Å². The van der Waals surface area contributed by atoms with Gasteiger partial charge in [0.25, 0.3) is 0 Å². The second-order valence-electron chi connectivity index (χ2n) is 6.37. The summed E-state index contributed by atoms with van der Waals surface area (Å²) in [6, 6.07) is 8.09. The lowest BCUT2D eigenvalue weighted by Crippen LogP contribution is -2.50. The highest BCUT2D eigenvalue weighted by atomic mass is 16.5. The molecule has 22 heavy (non-hydrogen) atoms. The molecule has 1 aromatic rings. The number of nitrogens with one attached hydrogen (secondary N) is 1. The van der Waals surface area contributed by atoms with E-state index in [-0.39, 0.29) is 18.1 Å². The van der Waals surface area contributed by atoms with Gasteiger partial charge < -0.3 is 20.7 Å². The molecule has 5 nitrogen and oxygen atoms in total. The summed E-state index contributed by atoms with van der Waals surface area (Å²) in [4.78, 5) is 14.3. The van der Waals surface area contributed by atoms with E-state index in [0.29, 0.717) is 5.92 Å². The molecule has 2 aliphatic rings. The van der Waals surface area contributed by atoms with Gasteiger partial charge in [-0.15, -0.1) is 0 Å². The van der Waals surface area contributed by atoms with Gasteiger partial charge in [0.1, 0.15) is 0 Å². The fourth-order valence-corrected chi connectivity index (χ4v) is 3.56. The summed E-state index contributed by atoms with van der Waals surface area (Å²) in [5, 5.41) is 3.12. The van der Waals surface area contributed by atoms with E-state index in [1.807, 2.05) is 17.0 Å². The molecule has 0 radical (unpaired) electrons. The normalized spacial score (nSPS) is 25.1. The molecular formula is C17H25N3O2. The average Bonchev–Trinajstić information content (AvgIpc) is 2.85. The maximum atomic E-state index is 12.4. The molecule has 0 aromatic heterocycles. The van der Waals surface area contributed by atoms with Crippen LogP contribution in [0.25, 0.3) is 0 Å². The Morgan fingerprint density at radius 2 is 2.09 bits per heavy atom. The molecule has 0 bridgehead atoms. The lowest BCUT2D eigenvalue weighted by molar-refractivity contribution is 0.106. The van der Waals surface area contributed by atoms with E-state index in [1.165, 1.54) is 5.56 Å². The molecule has 3 rings (SSSR count). The number of ether oxygens (including phenoxy) is 1. The van der Waals surface area contributed by atoms with Gasteiger partial charge in [-0.3, -0.25) is 0 Å². The molecule has 1 aliphatic carbocycles. The van der Waals surface area contributed by atoms with Crippen LogP contribution in [0.15, 0.2) is 24.3 Å². The zero-order valence-electron chi connectivity index (χ0n) is 13.1. The van der Waals surface area contributed by atoms with Crippen molar-refractivity contribution in [3.63, 3.8) is 0 Å². The minimum Gasteiger partial charge on any atom is -0.384 e. The van der Waals surface area contributed by atoms with Crippen molar-refractivity contribution in [2.75, 3.05) is 26.8 Å². The van der Waals surface area contributed by atoms with Crippen LogP contribution in [0.2, 0.25) is 0 Å². The highest BCUT2D eigenvalue weighted by Crippen LogP contribution is 2.29. The number of fused-ring (bicyclic) bond motifs is 1. The lowest BCUT2D eigenvalue weighted by atomic mass is 9.98. The third kappa shape index (κ3) is 3.10. The number of hydrogen-bond acceptors (Lipinski definition) is 3. The van der Waals surface area contributed by atoms with Crippen LogP contribution in [0.1, 0.15) is 30.0 Å². The average molecular weight is 303 g/mol. The fourth-order valence-electron chi connectivity index (χ4n) is 3.56. The molecule has 0 saturated carbocycles. The second-order valence-corrected chi connectivity index (χ2v) is 6.37. The molecule has 1 saturated heterocycles. The number of amides is 2. The minimum atomic E-state index is -0.105. The van der Waals surface area contributed by atoms with Crippen LogP contribution in [0.3, 0.4) is 0 Å². The topological polar surface area (TPSA) is 67.6 Å². The number of rotatable bonds is 3. The van der Waals surface area contributed by atoms with E-state index in [9.17, 15) is 4.79 Å². The summed E-state index contributed by atoms with van der Waals surface area (Å²) in [6.45, 7) is 2.39. The number of carbonyl (C=O) groups is 1. The number of likely N-dealkylation sites (tertiary alicyclic amines) is 1. The molecule has 120 valence electrons. The number of nitrogens with two attached hydrogens (primary N) is 1. The first-order chi connectivity index (χ1) is 10.7. The zero-order chi connectivity index (χ0) is 15.5. The SMILES string of the molecule is COCC1CCN(C(=O)N[C@@H]2Cc3ccccc3[C@H]2N)CC1. The van der Waals surface area contributed by atoms with Crippen molar-refractivity contribution >= 4 is 6.03 Å². The van der Waals surface area contributed by atoms with E-state index >= 15 is 0 Å². The summed E-state index contributed by atoms with van der Waals surface area (Å²) in [5.74, 6) is 0.576. The maximum Gasteiger partial charge on any atom is 0.317 e. The number of methoxy groups -OCH3 is 1. The Hall–Kier alpha value is -1.59. The highest BCUT2D eigenvalue weighted by molar-refractivity contribution is 5.75. The van der Waals surface area contributed by atoms with Gasteiger partial charge in [-0.05, 0) is 36.3 Å². The molecule has 3 N–H and O–H groups in total. The van der Waals surface area contributed by atoms with Crippen molar-refractivity contribution in [1.82, 2.24) is 10.2 Å². The van der Waals surface area contributed by atoms with Crippen LogP contribution < -0.4 is 11.1 Å². The third-order valence-corrected chi connectivity index (χ3v) is 4.90. The van der Waals surface area contributed by atoms with Gasteiger partial charge in [0, 0.05) is 26.8 Å². The summed E-state index contributed by atoms with van der Waals surface area (Å²) in [6.07, 6.45) is 2.85. The van der Waals surface area contributed by atoms with Gasteiger partial charge in [0.15, 0.2) is 0 Å². The minimum absolute atomic E-state index is 0.00148. The van der Waals surface area contributed by atoms with Crippen molar-refractivity contribution in [2.45, 2.75) is 31.3 Å². The summed E-state index contributed by atoms with van der Waals surface area (Å²) in [5.41, 5.74) is 8.69. The number of carbonyl (C=O) groups excluding carboxylic acids is 1. The summed E-state index contributed by atoms with van der Waals surface area (Å²) >= 11 is 0. The van der Waals surface area contributed by atoms with Crippen LogP contribution >= 0.6 is 0 Å². The Morgan fingerprint density at radius 1 is 1.36 bits per heavy atom. The van der Waals surface area contributed by atoms with Gasteiger partial charge in [0.05, 0.1) is 12.1 Å². The predicted molar refractivity (Wildman–Crippen MR) is 85.6 cm³/mol. The molecule has 0 unspecified atom stereocenters. The number of urea groups is 1. The van der Waals surface area contributed by atoms with Crippen LogP contribution in [0, 0.1) is 5.92 Å². The highest BCUT2D eigenvalue weighted by Gasteiger charge is 2.32. The molecule has 1 heterocycles. The van der Waals surface area contributed by atoms with Crippen LogP contribution in [-0.4, -0.2) is 43.8 Å². The van der Waals surface area contributed by atoms with Crippen molar-refractivity contribution in [1.29, 1.82) is 0 Å². The largest absolute Gasteiger partial charge is 0.384 e. The molecule has 1 aliphatic heterocycles. The first-order valence-electron chi connectivity index (χ1n) is 8.07. The lowest BCUT2D eigenvalue weighted by Gasteiger charge is -2.33. The smallest absolute Gasteiger partial charge is 0.317 e. The zero-order valence-corrected chi connectivity index (χ0v) is 13.1. The Balaban J connectivity index is 1.53. The number of hydrogen-bond donors (Lipinski definition) is 2. The standard InChI is InChI=1S/C17H25N3O2/c1-22-11-12-6-8-20(9-7-12)17(21)19-15-10-13-4-2-3-5-14(13)16(15)18/h2-5,12,15-16H,6-11,18H2,1H3,(H,19,21)/t15-,16-/m1/s1. The maximum absolute atomic E-state index is 12.4. The first kappa shape index (κ1) is 15.3. The van der Waals surface area contributed by atoms with E-state index in [4.69, 9.17) is 10.5 Å². The Labute approximate surface area is 131 Å². The van der Waals surface area contributed by atoms with E-state index < -0.39 is 0 Å². The molecular weight excluding hydrogens is 278 g/mol. The quantitative estimate of drug-likeness (QED) is 0.893. The number of piperidine rings is 1. The van der Waals surface area contributed by atoms with Crippen molar-refractivity contribution in [2.24, 2.45) is 11.7 Å².